The van der Waals surface area contributed by atoms with Crippen molar-refractivity contribution in [1.29, 1.82) is 0 Å². The van der Waals surface area contributed by atoms with Crippen molar-refractivity contribution in [1.82, 2.24) is 4.98 Å². The molecule has 2 aromatic rings. The van der Waals surface area contributed by atoms with Crippen LogP contribution in [-0.2, 0) is 5.88 Å². The Kier molecular flexibility index (Phi) is 3.42. The van der Waals surface area contributed by atoms with Crippen LogP contribution in [0.4, 0.5) is 11.5 Å². The van der Waals surface area contributed by atoms with Gasteiger partial charge in [0.1, 0.15) is 5.82 Å². The third-order valence-electron chi connectivity index (χ3n) is 2.42. The minimum atomic E-state index is 0.441. The fourth-order valence-corrected chi connectivity index (χ4v) is 1.66. The molecule has 2 nitrogen and oxygen atoms in total. The third-order valence-corrected chi connectivity index (χ3v) is 2.69. The number of halogens is 1. The molecule has 0 spiro atoms. The molecule has 0 amide bonds. The Balaban J connectivity index is 2.30. The average Bonchev–Trinajstić information content (AvgIpc) is 2.39. The summed E-state index contributed by atoms with van der Waals surface area (Å²) < 4.78 is 0. The number of alkyl halides is 1. The minimum Gasteiger partial charge on any atom is -0.329 e. The van der Waals surface area contributed by atoms with Crippen molar-refractivity contribution in [2.45, 2.75) is 5.88 Å². The summed E-state index contributed by atoms with van der Waals surface area (Å²) in [6.07, 6.45) is 0. The second-order valence-electron chi connectivity index (χ2n) is 3.52. The van der Waals surface area contributed by atoms with Gasteiger partial charge in [-0.2, -0.15) is 0 Å². The zero-order chi connectivity index (χ0) is 11.4. The van der Waals surface area contributed by atoms with Gasteiger partial charge < -0.3 is 4.90 Å². The molecule has 0 saturated heterocycles. The first-order valence-corrected chi connectivity index (χ1v) is 5.65. The largest absolute Gasteiger partial charge is 0.329 e. The lowest BCUT2D eigenvalue weighted by Crippen LogP contribution is -2.11. The Morgan fingerprint density at radius 1 is 1.06 bits per heavy atom. The van der Waals surface area contributed by atoms with E-state index in [9.17, 15) is 0 Å². The molecule has 0 N–H and O–H groups in total. The summed E-state index contributed by atoms with van der Waals surface area (Å²) >= 11 is 5.77. The molecule has 0 aliphatic rings. The monoisotopic (exact) mass is 232 g/mol. The molecule has 3 heteroatoms. The fraction of sp³-hybridized carbons (Fsp3) is 0.154. The SMILES string of the molecule is CN(c1ccccc1)c1cccc(CCl)n1. The highest BCUT2D eigenvalue weighted by molar-refractivity contribution is 6.16. The zero-order valence-electron chi connectivity index (χ0n) is 9.10. The van der Waals surface area contributed by atoms with E-state index in [1.165, 1.54) is 0 Å². The number of rotatable bonds is 3. The summed E-state index contributed by atoms with van der Waals surface area (Å²) in [6, 6.07) is 16.0. The first-order valence-electron chi connectivity index (χ1n) is 5.12. The molecule has 0 atom stereocenters. The Bertz CT molecular complexity index is 456. The number of pyridine rings is 1. The molecular weight excluding hydrogens is 220 g/mol. The van der Waals surface area contributed by atoms with Crippen LogP contribution in [0.5, 0.6) is 0 Å². The van der Waals surface area contributed by atoms with Crippen molar-refractivity contribution < 1.29 is 0 Å². The molecule has 0 aliphatic carbocycles. The van der Waals surface area contributed by atoms with Crippen molar-refractivity contribution in [3.05, 3.63) is 54.2 Å². The quantitative estimate of drug-likeness (QED) is 0.752. The van der Waals surface area contributed by atoms with Gasteiger partial charge in [-0.25, -0.2) is 4.98 Å². The van der Waals surface area contributed by atoms with Gasteiger partial charge in [-0.1, -0.05) is 24.3 Å². The van der Waals surface area contributed by atoms with Crippen molar-refractivity contribution in [3.63, 3.8) is 0 Å². The predicted octanol–water partition coefficient (Wildman–Crippen LogP) is 3.59. The van der Waals surface area contributed by atoms with Crippen LogP contribution in [0.25, 0.3) is 0 Å². The molecule has 16 heavy (non-hydrogen) atoms. The molecule has 1 heterocycles. The number of para-hydroxylation sites is 1. The van der Waals surface area contributed by atoms with Crippen LogP contribution < -0.4 is 4.90 Å². The second-order valence-corrected chi connectivity index (χ2v) is 3.78. The molecule has 0 radical (unpaired) electrons. The van der Waals surface area contributed by atoms with E-state index in [0.717, 1.165) is 17.2 Å². The van der Waals surface area contributed by atoms with E-state index < -0.39 is 0 Å². The maximum atomic E-state index is 5.77. The highest BCUT2D eigenvalue weighted by Gasteiger charge is 2.04. The standard InChI is InChI=1S/C13H13ClN2/c1-16(12-7-3-2-4-8-12)13-9-5-6-11(10-14)15-13/h2-9H,10H2,1H3. The van der Waals surface area contributed by atoms with Gasteiger partial charge in [-0.3, -0.25) is 0 Å². The van der Waals surface area contributed by atoms with Gasteiger partial charge in [0.15, 0.2) is 0 Å². The van der Waals surface area contributed by atoms with Gasteiger partial charge in [0, 0.05) is 12.7 Å². The smallest absolute Gasteiger partial charge is 0.133 e. The van der Waals surface area contributed by atoms with Crippen molar-refractivity contribution in [2.75, 3.05) is 11.9 Å². The summed E-state index contributed by atoms with van der Waals surface area (Å²) in [4.78, 5) is 6.50. The topological polar surface area (TPSA) is 16.1 Å². The Morgan fingerprint density at radius 2 is 1.81 bits per heavy atom. The number of hydrogen-bond acceptors (Lipinski definition) is 2. The van der Waals surface area contributed by atoms with Gasteiger partial charge in [-0.05, 0) is 24.3 Å². The number of nitrogens with zero attached hydrogens (tertiary/aromatic N) is 2. The van der Waals surface area contributed by atoms with E-state index in [1.807, 2.05) is 48.3 Å². The summed E-state index contributed by atoms with van der Waals surface area (Å²) in [5.41, 5.74) is 2.00. The summed E-state index contributed by atoms with van der Waals surface area (Å²) in [5.74, 6) is 1.35. The lowest BCUT2D eigenvalue weighted by molar-refractivity contribution is 1.08. The van der Waals surface area contributed by atoms with Gasteiger partial charge in [-0.15, -0.1) is 11.6 Å². The molecule has 1 aromatic heterocycles. The number of benzene rings is 1. The second kappa shape index (κ2) is 4.99. The first kappa shape index (κ1) is 11.0. The molecule has 2 rings (SSSR count). The van der Waals surface area contributed by atoms with Crippen LogP contribution >= 0.6 is 11.6 Å². The van der Waals surface area contributed by atoms with Crippen LogP contribution in [0, 0.1) is 0 Å². The van der Waals surface area contributed by atoms with Crippen molar-refractivity contribution in [2.24, 2.45) is 0 Å². The molecule has 0 unspecified atom stereocenters. The Labute approximate surface area is 101 Å². The van der Waals surface area contributed by atoms with Gasteiger partial charge in [0.2, 0.25) is 0 Å². The summed E-state index contributed by atoms with van der Waals surface area (Å²) in [7, 11) is 2.00. The number of hydrogen-bond donors (Lipinski definition) is 0. The van der Waals surface area contributed by atoms with Crippen LogP contribution in [-0.4, -0.2) is 12.0 Å². The van der Waals surface area contributed by atoms with E-state index in [1.54, 1.807) is 0 Å². The van der Waals surface area contributed by atoms with E-state index in [0.29, 0.717) is 5.88 Å². The Hall–Kier alpha value is -1.54. The molecule has 0 fully saturated rings. The van der Waals surface area contributed by atoms with Crippen LogP contribution in [0.3, 0.4) is 0 Å². The van der Waals surface area contributed by atoms with E-state index in [4.69, 9.17) is 11.6 Å². The molecule has 0 bridgehead atoms. The maximum absolute atomic E-state index is 5.77. The fourth-order valence-electron chi connectivity index (χ4n) is 1.51. The van der Waals surface area contributed by atoms with Gasteiger partial charge in [0.25, 0.3) is 0 Å². The average molecular weight is 233 g/mol. The molecule has 0 aliphatic heterocycles. The van der Waals surface area contributed by atoms with E-state index in [-0.39, 0.29) is 0 Å². The predicted molar refractivity (Wildman–Crippen MR) is 68.3 cm³/mol. The van der Waals surface area contributed by atoms with Crippen LogP contribution in [0.15, 0.2) is 48.5 Å². The highest BCUT2D eigenvalue weighted by atomic mass is 35.5. The van der Waals surface area contributed by atoms with Crippen LogP contribution in [0.2, 0.25) is 0 Å². The van der Waals surface area contributed by atoms with Gasteiger partial charge >= 0.3 is 0 Å². The highest BCUT2D eigenvalue weighted by Crippen LogP contribution is 2.21. The normalized spacial score (nSPS) is 10.1. The van der Waals surface area contributed by atoms with Crippen LogP contribution in [0.1, 0.15) is 5.69 Å². The van der Waals surface area contributed by atoms with Gasteiger partial charge in [0.05, 0.1) is 11.6 Å². The van der Waals surface area contributed by atoms with Crippen molar-refractivity contribution in [3.8, 4) is 0 Å². The Morgan fingerprint density at radius 3 is 2.50 bits per heavy atom. The molecule has 0 saturated carbocycles. The van der Waals surface area contributed by atoms with Crippen molar-refractivity contribution >= 4 is 23.1 Å². The number of aromatic nitrogens is 1. The number of anilines is 2. The summed E-state index contributed by atoms with van der Waals surface area (Å²) in [6.45, 7) is 0. The maximum Gasteiger partial charge on any atom is 0.133 e. The molecule has 1 aromatic carbocycles. The molecular formula is C13H13ClN2. The molecule has 82 valence electrons. The minimum absolute atomic E-state index is 0.441. The van der Waals surface area contributed by atoms with E-state index >= 15 is 0 Å². The summed E-state index contributed by atoms with van der Waals surface area (Å²) in [5, 5.41) is 0. The first-order chi connectivity index (χ1) is 7.81. The van der Waals surface area contributed by atoms with E-state index in [2.05, 4.69) is 17.1 Å². The zero-order valence-corrected chi connectivity index (χ0v) is 9.85. The lowest BCUT2D eigenvalue weighted by atomic mass is 10.3. The third kappa shape index (κ3) is 2.34. The lowest BCUT2D eigenvalue weighted by Gasteiger charge is -2.18.